The Labute approximate surface area is 217 Å². The summed E-state index contributed by atoms with van der Waals surface area (Å²) in [6, 6.07) is 5.48. The molecule has 208 valence electrons. The molecule has 4 heterocycles. The number of alkyl halides is 7. The number of hydrogen-bond donors (Lipinski definition) is 0. The highest BCUT2D eigenvalue weighted by molar-refractivity contribution is 5.58. The molecule has 14 heteroatoms. The van der Waals surface area contributed by atoms with Crippen molar-refractivity contribution < 1.29 is 30.7 Å². The minimum absolute atomic E-state index is 0.00385. The molecule has 0 bridgehead atoms. The third kappa shape index (κ3) is 4.60. The minimum Gasteiger partial charge on any atom is -0.316 e. The molecule has 0 amide bonds. The van der Waals surface area contributed by atoms with E-state index in [1.165, 1.54) is 25.4 Å². The Kier molecular flexibility index (Phi) is 6.35. The lowest BCUT2D eigenvalue weighted by atomic mass is 9.90. The van der Waals surface area contributed by atoms with Crippen LogP contribution >= 0.6 is 0 Å². The first-order valence-corrected chi connectivity index (χ1v) is 11.9. The van der Waals surface area contributed by atoms with E-state index in [0.717, 1.165) is 44.3 Å². The fourth-order valence-corrected chi connectivity index (χ4v) is 4.84. The van der Waals surface area contributed by atoms with Crippen molar-refractivity contribution in [1.29, 1.82) is 0 Å². The van der Waals surface area contributed by atoms with Crippen molar-refractivity contribution in [1.82, 2.24) is 28.6 Å². The van der Waals surface area contributed by atoms with E-state index in [-0.39, 0.29) is 30.8 Å². The fourth-order valence-electron chi connectivity index (χ4n) is 4.84. The van der Waals surface area contributed by atoms with Crippen molar-refractivity contribution in [2.75, 3.05) is 13.1 Å². The number of aryl methyl sites for hydroxylation is 1. The van der Waals surface area contributed by atoms with Crippen LogP contribution in [-0.4, -0.2) is 47.9 Å². The predicted molar refractivity (Wildman–Crippen MR) is 126 cm³/mol. The second-order valence-corrected chi connectivity index (χ2v) is 9.81. The number of fused-ring (bicyclic) bond motifs is 1. The molecule has 1 aromatic carbocycles. The molecule has 1 saturated heterocycles. The van der Waals surface area contributed by atoms with E-state index in [9.17, 15) is 22.4 Å². The Morgan fingerprint density at radius 3 is 2.44 bits per heavy atom. The predicted octanol–water partition coefficient (Wildman–Crippen LogP) is 4.76. The van der Waals surface area contributed by atoms with Crippen molar-refractivity contribution >= 4 is 5.52 Å². The Balaban J connectivity index is 1.60. The van der Waals surface area contributed by atoms with E-state index < -0.39 is 52.1 Å². The molecule has 0 spiro atoms. The van der Waals surface area contributed by atoms with Crippen LogP contribution in [0, 0.1) is 0 Å². The average molecular weight is 556 g/mol. The second-order valence-electron chi connectivity index (χ2n) is 9.81. The number of pyridine rings is 1. The number of rotatable bonds is 6. The van der Waals surface area contributed by atoms with Crippen molar-refractivity contribution in [3.8, 4) is 5.69 Å². The number of benzene rings is 1. The average Bonchev–Trinajstić information content (AvgIpc) is 3.57. The quantitative estimate of drug-likeness (QED) is 0.322. The molecule has 1 aliphatic rings. The summed E-state index contributed by atoms with van der Waals surface area (Å²) >= 11 is 0. The minimum atomic E-state index is -4.83. The van der Waals surface area contributed by atoms with Gasteiger partial charge in [0.15, 0.2) is 0 Å². The van der Waals surface area contributed by atoms with Gasteiger partial charge in [0.25, 0.3) is 0 Å². The summed E-state index contributed by atoms with van der Waals surface area (Å²) in [5.74, 6) is -5.07. The number of likely N-dealkylation sites (tertiary alicyclic amines) is 1. The Bertz CT molecular complexity index is 1590. The maximum Gasteiger partial charge on any atom is 0.418 e. The molecule has 4 aromatic rings. The van der Waals surface area contributed by atoms with Crippen LogP contribution in [0.1, 0.15) is 35.9 Å². The number of halogens is 7. The molecule has 0 radical (unpaired) electrons. The summed E-state index contributed by atoms with van der Waals surface area (Å²) in [5.41, 5.74) is -6.29. The van der Waals surface area contributed by atoms with Gasteiger partial charge in [-0.05, 0) is 42.7 Å². The molecule has 2 atom stereocenters. The van der Waals surface area contributed by atoms with Gasteiger partial charge >= 0.3 is 17.8 Å². The van der Waals surface area contributed by atoms with Crippen molar-refractivity contribution in [2.45, 2.75) is 43.8 Å². The SMILES string of the molecule is Cn1cnnc1C(F)(F)C(C)(F)c1cccc(-n2cc3c(C(F)(F)F)cc(CN4CC[C@H](F)C4)cn3c2=O)c1. The smallest absolute Gasteiger partial charge is 0.316 e. The normalized spacial score (nSPS) is 18.6. The molecule has 3 aromatic heterocycles. The molecule has 0 aliphatic carbocycles. The van der Waals surface area contributed by atoms with Gasteiger partial charge < -0.3 is 4.57 Å². The molecular formula is C25H23F7N6O. The highest BCUT2D eigenvalue weighted by atomic mass is 19.4. The third-order valence-corrected chi connectivity index (χ3v) is 7.00. The van der Waals surface area contributed by atoms with Gasteiger partial charge in [0.05, 0.1) is 16.8 Å². The number of aromatic nitrogens is 5. The van der Waals surface area contributed by atoms with Crippen molar-refractivity contribution in [2.24, 2.45) is 7.05 Å². The summed E-state index contributed by atoms with van der Waals surface area (Å²) in [6.45, 7) is 1.09. The topological polar surface area (TPSA) is 60.4 Å². The lowest BCUT2D eigenvalue weighted by molar-refractivity contribution is -0.149. The van der Waals surface area contributed by atoms with E-state index in [2.05, 4.69) is 10.2 Å². The van der Waals surface area contributed by atoms with Crippen LogP contribution in [0.4, 0.5) is 30.7 Å². The summed E-state index contributed by atoms with van der Waals surface area (Å²) in [5, 5.41) is 6.69. The summed E-state index contributed by atoms with van der Waals surface area (Å²) < 4.78 is 104. The van der Waals surface area contributed by atoms with Crippen molar-refractivity contribution in [3.63, 3.8) is 0 Å². The van der Waals surface area contributed by atoms with Crippen LogP contribution in [0.5, 0.6) is 0 Å². The van der Waals surface area contributed by atoms with Crippen LogP contribution in [0.2, 0.25) is 0 Å². The number of hydrogen-bond acceptors (Lipinski definition) is 4. The highest BCUT2D eigenvalue weighted by Gasteiger charge is 2.57. The second kappa shape index (κ2) is 9.21. The van der Waals surface area contributed by atoms with Gasteiger partial charge in [-0.25, -0.2) is 13.6 Å². The van der Waals surface area contributed by atoms with E-state index >= 15 is 13.2 Å². The monoisotopic (exact) mass is 556 g/mol. The largest absolute Gasteiger partial charge is 0.418 e. The van der Waals surface area contributed by atoms with Gasteiger partial charge in [0, 0.05) is 39.1 Å². The van der Waals surface area contributed by atoms with Crippen LogP contribution < -0.4 is 5.69 Å². The Hall–Kier alpha value is -3.68. The van der Waals surface area contributed by atoms with Gasteiger partial charge in [-0.2, -0.15) is 22.0 Å². The third-order valence-electron chi connectivity index (χ3n) is 7.00. The summed E-state index contributed by atoms with van der Waals surface area (Å²) in [6.07, 6.45) is -2.48. The van der Waals surface area contributed by atoms with Gasteiger partial charge in [-0.1, -0.05) is 12.1 Å². The molecule has 5 rings (SSSR count). The van der Waals surface area contributed by atoms with Gasteiger partial charge in [0.1, 0.15) is 12.5 Å². The fraction of sp³-hybridized carbons (Fsp3) is 0.400. The van der Waals surface area contributed by atoms with Crippen LogP contribution in [0.15, 0.2) is 53.8 Å². The molecular weight excluding hydrogens is 533 g/mol. The van der Waals surface area contributed by atoms with Crippen molar-refractivity contribution in [3.05, 3.63) is 82.1 Å². The first kappa shape index (κ1) is 26.9. The standard InChI is InChI=1S/C25H23F7N6O/c1-23(27,24(28,29)21-34-33-14-35(21)2)16-4-3-5-18(9-16)37-13-20-19(25(30,31)32)8-15(11-38(20)22(37)39)10-36-7-6-17(26)12-36/h3-5,8-9,11,13-14,17H,6-7,10,12H2,1-2H3/t17-,23?/m0/s1. The Morgan fingerprint density at radius 2 is 1.82 bits per heavy atom. The molecule has 0 saturated carbocycles. The van der Waals surface area contributed by atoms with Crippen LogP contribution in [0.25, 0.3) is 11.2 Å². The highest BCUT2D eigenvalue weighted by Crippen LogP contribution is 2.47. The van der Waals surface area contributed by atoms with E-state index in [0.29, 0.717) is 13.5 Å². The zero-order valence-electron chi connectivity index (χ0n) is 20.8. The molecule has 0 N–H and O–H groups in total. The number of imidazole rings is 1. The maximum atomic E-state index is 15.7. The molecule has 1 unspecified atom stereocenters. The molecule has 1 fully saturated rings. The number of nitrogens with zero attached hydrogens (tertiary/aromatic N) is 6. The van der Waals surface area contributed by atoms with E-state index in [1.54, 1.807) is 4.90 Å². The van der Waals surface area contributed by atoms with Gasteiger partial charge in [0.2, 0.25) is 11.5 Å². The van der Waals surface area contributed by atoms with E-state index in [4.69, 9.17) is 0 Å². The lowest BCUT2D eigenvalue weighted by Crippen LogP contribution is -2.39. The zero-order valence-corrected chi connectivity index (χ0v) is 20.8. The first-order chi connectivity index (χ1) is 18.2. The summed E-state index contributed by atoms with van der Waals surface area (Å²) in [4.78, 5) is 14.9. The molecule has 39 heavy (non-hydrogen) atoms. The van der Waals surface area contributed by atoms with Gasteiger partial charge in [-0.15, -0.1) is 10.2 Å². The van der Waals surface area contributed by atoms with Crippen LogP contribution in [0.3, 0.4) is 0 Å². The molecule has 1 aliphatic heterocycles. The maximum absolute atomic E-state index is 15.7. The van der Waals surface area contributed by atoms with Crippen LogP contribution in [-0.2, 0) is 31.4 Å². The van der Waals surface area contributed by atoms with E-state index in [1.807, 2.05) is 0 Å². The first-order valence-electron chi connectivity index (χ1n) is 11.9. The lowest BCUT2D eigenvalue weighted by Gasteiger charge is -2.29. The Morgan fingerprint density at radius 1 is 1.08 bits per heavy atom. The zero-order chi connectivity index (χ0) is 28.3. The molecule has 7 nitrogen and oxygen atoms in total. The summed E-state index contributed by atoms with van der Waals surface area (Å²) in [7, 11) is 1.23. The van der Waals surface area contributed by atoms with Gasteiger partial charge in [-0.3, -0.25) is 13.9 Å².